The zero-order valence-corrected chi connectivity index (χ0v) is 11.2. The second kappa shape index (κ2) is 5.48. The summed E-state index contributed by atoms with van der Waals surface area (Å²) in [5, 5.41) is 9.25. The molecule has 102 valence electrons. The van der Waals surface area contributed by atoms with Crippen LogP contribution in [0.25, 0.3) is 0 Å². The fraction of sp³-hybridized carbons (Fsp3) is 0.385. The first kappa shape index (κ1) is 13.7. The van der Waals surface area contributed by atoms with Gasteiger partial charge in [0.1, 0.15) is 6.61 Å². The zero-order chi connectivity index (χ0) is 14.0. The molecule has 1 aromatic carbocycles. The molecule has 0 radical (unpaired) electrons. The summed E-state index contributed by atoms with van der Waals surface area (Å²) in [6, 6.07) is 4.67. The van der Waals surface area contributed by atoms with Gasteiger partial charge in [-0.1, -0.05) is 17.7 Å². The molecule has 1 amide bonds. The van der Waals surface area contributed by atoms with Crippen molar-refractivity contribution in [3.8, 4) is 0 Å². The van der Waals surface area contributed by atoms with Crippen LogP contribution in [0.5, 0.6) is 0 Å². The van der Waals surface area contributed by atoms with Crippen molar-refractivity contribution in [2.24, 2.45) is 0 Å². The van der Waals surface area contributed by atoms with Gasteiger partial charge < -0.3 is 14.7 Å². The fourth-order valence-corrected chi connectivity index (χ4v) is 2.26. The number of hydrogen-bond donors (Lipinski definition) is 1. The van der Waals surface area contributed by atoms with Gasteiger partial charge in [0.05, 0.1) is 11.6 Å². The molecular weight excluding hydrogens is 270 g/mol. The van der Waals surface area contributed by atoms with Crippen LogP contribution in [0, 0.1) is 0 Å². The minimum Gasteiger partial charge on any atom is -0.478 e. The number of nitrogens with zero attached hydrogens (tertiary/aromatic N) is 1. The molecule has 1 fully saturated rings. The lowest BCUT2D eigenvalue weighted by molar-refractivity contribution is 0.0697. The Labute approximate surface area is 115 Å². The van der Waals surface area contributed by atoms with Gasteiger partial charge in [-0.05, 0) is 31.0 Å². The number of hydrogen-bond acceptors (Lipinski definition) is 3. The molecule has 0 aromatic heterocycles. The maximum Gasteiger partial charge on any atom is 0.410 e. The molecule has 1 aromatic rings. The summed E-state index contributed by atoms with van der Waals surface area (Å²) in [5.41, 5.74) is 0.973. The van der Waals surface area contributed by atoms with Gasteiger partial charge >= 0.3 is 12.1 Å². The molecule has 1 heterocycles. The van der Waals surface area contributed by atoms with Crippen molar-refractivity contribution < 1.29 is 19.4 Å². The van der Waals surface area contributed by atoms with Gasteiger partial charge in [0, 0.05) is 11.6 Å². The number of carboxylic acid groups (broad SMARTS) is 1. The van der Waals surface area contributed by atoms with Gasteiger partial charge in [0.2, 0.25) is 0 Å². The number of benzene rings is 1. The Morgan fingerprint density at radius 2 is 2.32 bits per heavy atom. The molecule has 1 atom stereocenters. The number of ether oxygens (including phenoxy) is 1. The van der Waals surface area contributed by atoms with Crippen molar-refractivity contribution in [2.75, 3.05) is 13.2 Å². The van der Waals surface area contributed by atoms with Crippen LogP contribution in [0.4, 0.5) is 4.79 Å². The van der Waals surface area contributed by atoms with Crippen LogP contribution in [-0.2, 0) is 11.2 Å². The van der Waals surface area contributed by atoms with Crippen LogP contribution < -0.4 is 0 Å². The summed E-state index contributed by atoms with van der Waals surface area (Å²) < 4.78 is 4.92. The highest BCUT2D eigenvalue weighted by Gasteiger charge is 2.28. The normalized spacial score (nSPS) is 18.5. The molecule has 0 aliphatic carbocycles. The maximum absolute atomic E-state index is 11.4. The summed E-state index contributed by atoms with van der Waals surface area (Å²) in [4.78, 5) is 23.9. The van der Waals surface area contributed by atoms with E-state index in [1.54, 1.807) is 11.0 Å². The summed E-state index contributed by atoms with van der Waals surface area (Å²) in [6.45, 7) is 2.83. The predicted octanol–water partition coefficient (Wildman–Crippen LogP) is 2.42. The summed E-state index contributed by atoms with van der Waals surface area (Å²) in [5.74, 6) is -1.01. The molecule has 0 saturated carbocycles. The van der Waals surface area contributed by atoms with Crippen LogP contribution >= 0.6 is 11.6 Å². The molecule has 1 N–H and O–H groups in total. The molecular formula is C13H14ClNO4. The van der Waals surface area contributed by atoms with E-state index in [2.05, 4.69) is 0 Å². The highest BCUT2D eigenvalue weighted by atomic mass is 35.5. The number of rotatable bonds is 4. The third-order valence-corrected chi connectivity index (χ3v) is 3.49. The number of cyclic esters (lactones) is 1. The molecule has 6 heteroatoms. The van der Waals surface area contributed by atoms with Gasteiger partial charge in [-0.2, -0.15) is 0 Å². The summed E-state index contributed by atoms with van der Waals surface area (Å²) >= 11 is 6.03. The van der Waals surface area contributed by atoms with E-state index in [4.69, 9.17) is 21.4 Å². The topological polar surface area (TPSA) is 66.8 Å². The molecule has 2 rings (SSSR count). The van der Waals surface area contributed by atoms with Crippen molar-refractivity contribution in [1.29, 1.82) is 0 Å². The Balaban J connectivity index is 2.04. The van der Waals surface area contributed by atoms with E-state index in [9.17, 15) is 9.59 Å². The Morgan fingerprint density at radius 3 is 2.84 bits per heavy atom. The first-order chi connectivity index (χ1) is 8.99. The highest BCUT2D eigenvalue weighted by Crippen LogP contribution is 2.20. The van der Waals surface area contributed by atoms with E-state index in [-0.39, 0.29) is 17.7 Å². The van der Waals surface area contributed by atoms with Gasteiger partial charge in [-0.15, -0.1) is 0 Å². The van der Waals surface area contributed by atoms with E-state index in [1.165, 1.54) is 12.1 Å². The average molecular weight is 284 g/mol. The van der Waals surface area contributed by atoms with Gasteiger partial charge in [0.25, 0.3) is 0 Å². The van der Waals surface area contributed by atoms with Crippen molar-refractivity contribution in [3.63, 3.8) is 0 Å². The Hall–Kier alpha value is -1.75. The third kappa shape index (κ3) is 2.98. The molecule has 1 aliphatic heterocycles. The monoisotopic (exact) mass is 283 g/mol. The van der Waals surface area contributed by atoms with Crippen LogP contribution in [0.1, 0.15) is 22.8 Å². The number of carbonyl (C=O) groups is 2. The molecule has 1 saturated heterocycles. The lowest BCUT2D eigenvalue weighted by atomic mass is 10.1. The zero-order valence-electron chi connectivity index (χ0n) is 10.4. The first-order valence-electron chi connectivity index (χ1n) is 5.94. The van der Waals surface area contributed by atoms with Crippen LogP contribution in [0.15, 0.2) is 18.2 Å². The van der Waals surface area contributed by atoms with E-state index in [0.717, 1.165) is 5.56 Å². The van der Waals surface area contributed by atoms with Gasteiger partial charge in [0.15, 0.2) is 0 Å². The SMILES string of the molecule is CC1COC(=O)N1CCc1ccc(C(=O)O)cc1Cl. The number of aromatic carboxylic acids is 1. The molecule has 5 nitrogen and oxygen atoms in total. The minimum absolute atomic E-state index is 0.0598. The fourth-order valence-electron chi connectivity index (χ4n) is 1.98. The quantitative estimate of drug-likeness (QED) is 0.921. The Bertz CT molecular complexity index is 517. The van der Waals surface area contributed by atoms with Crippen molar-refractivity contribution in [1.82, 2.24) is 4.90 Å². The molecule has 0 spiro atoms. The number of carboxylic acids is 1. The van der Waals surface area contributed by atoms with E-state index < -0.39 is 5.97 Å². The predicted molar refractivity (Wildman–Crippen MR) is 69.6 cm³/mol. The molecule has 0 bridgehead atoms. The van der Waals surface area contributed by atoms with Gasteiger partial charge in [-0.3, -0.25) is 0 Å². The van der Waals surface area contributed by atoms with Crippen LogP contribution in [0.2, 0.25) is 5.02 Å². The second-order valence-corrected chi connectivity index (χ2v) is 4.89. The van der Waals surface area contributed by atoms with E-state index in [0.29, 0.717) is 24.6 Å². The summed E-state index contributed by atoms with van der Waals surface area (Å²) in [6.07, 6.45) is 0.254. The second-order valence-electron chi connectivity index (χ2n) is 4.48. The minimum atomic E-state index is -1.01. The molecule has 1 unspecified atom stereocenters. The Kier molecular flexibility index (Phi) is 3.95. The lowest BCUT2D eigenvalue weighted by Gasteiger charge is -2.18. The van der Waals surface area contributed by atoms with Crippen molar-refractivity contribution >= 4 is 23.7 Å². The largest absolute Gasteiger partial charge is 0.478 e. The summed E-state index contributed by atoms with van der Waals surface area (Å²) in [7, 11) is 0. The first-order valence-corrected chi connectivity index (χ1v) is 6.32. The number of amides is 1. The van der Waals surface area contributed by atoms with Crippen LogP contribution in [0.3, 0.4) is 0 Å². The highest BCUT2D eigenvalue weighted by molar-refractivity contribution is 6.31. The number of carbonyl (C=O) groups excluding carboxylic acids is 1. The standard InChI is InChI=1S/C13H14ClNO4/c1-8-7-19-13(18)15(8)5-4-9-2-3-10(12(16)17)6-11(9)14/h2-3,6,8H,4-5,7H2,1H3,(H,16,17). The van der Waals surface area contributed by atoms with Crippen molar-refractivity contribution in [2.45, 2.75) is 19.4 Å². The van der Waals surface area contributed by atoms with Gasteiger partial charge in [-0.25, -0.2) is 9.59 Å². The van der Waals surface area contributed by atoms with E-state index in [1.807, 2.05) is 6.92 Å². The number of halogens is 1. The van der Waals surface area contributed by atoms with Crippen LogP contribution in [-0.4, -0.2) is 41.3 Å². The maximum atomic E-state index is 11.4. The third-order valence-electron chi connectivity index (χ3n) is 3.14. The lowest BCUT2D eigenvalue weighted by Crippen LogP contribution is -2.33. The van der Waals surface area contributed by atoms with E-state index >= 15 is 0 Å². The van der Waals surface area contributed by atoms with Crippen molar-refractivity contribution in [3.05, 3.63) is 34.3 Å². The molecule has 1 aliphatic rings. The molecule has 19 heavy (non-hydrogen) atoms. The average Bonchev–Trinajstić information content (AvgIpc) is 2.68. The Morgan fingerprint density at radius 1 is 1.58 bits per heavy atom. The smallest absolute Gasteiger partial charge is 0.410 e.